The van der Waals surface area contributed by atoms with Gasteiger partial charge in [0.05, 0.1) is 30.3 Å². The van der Waals surface area contributed by atoms with Gasteiger partial charge in [-0.2, -0.15) is 5.10 Å². The van der Waals surface area contributed by atoms with Crippen LogP contribution in [0.2, 0.25) is 0 Å². The van der Waals surface area contributed by atoms with Gasteiger partial charge in [0.2, 0.25) is 0 Å². The Morgan fingerprint density at radius 1 is 1.33 bits per heavy atom. The third-order valence-corrected chi connectivity index (χ3v) is 4.93. The molecule has 2 aromatic heterocycles. The lowest BCUT2D eigenvalue weighted by molar-refractivity contribution is -0.115. The van der Waals surface area contributed by atoms with E-state index in [2.05, 4.69) is 30.4 Å². The van der Waals surface area contributed by atoms with Gasteiger partial charge in [0, 0.05) is 57.5 Å². The van der Waals surface area contributed by atoms with Gasteiger partial charge in [-0.1, -0.05) is 5.16 Å². The third kappa shape index (κ3) is 3.97. The van der Waals surface area contributed by atoms with Gasteiger partial charge in [-0.3, -0.25) is 24.3 Å². The Kier molecular flexibility index (Phi) is 4.61. The molecule has 4 heterocycles. The van der Waals surface area contributed by atoms with Gasteiger partial charge in [-0.05, 0) is 6.92 Å². The third-order valence-electron chi connectivity index (χ3n) is 4.93. The van der Waals surface area contributed by atoms with E-state index in [1.807, 2.05) is 26.4 Å². The molecule has 1 spiro atoms. The van der Waals surface area contributed by atoms with Crippen LogP contribution in [0.3, 0.4) is 0 Å². The average Bonchev–Trinajstić information content (AvgIpc) is 3.36. The number of aryl methyl sites for hydroxylation is 2. The average molecular weight is 369 g/mol. The lowest BCUT2D eigenvalue weighted by Crippen LogP contribution is -2.36. The van der Waals surface area contributed by atoms with Crippen molar-refractivity contribution in [3.63, 3.8) is 0 Å². The van der Waals surface area contributed by atoms with Crippen molar-refractivity contribution in [2.45, 2.75) is 38.5 Å². The smallest absolute Gasteiger partial charge is 0.269 e. The van der Waals surface area contributed by atoms with E-state index in [-0.39, 0.29) is 5.91 Å². The van der Waals surface area contributed by atoms with E-state index in [0.717, 1.165) is 31.7 Å². The summed E-state index contributed by atoms with van der Waals surface area (Å²) in [6.45, 7) is 4.69. The first kappa shape index (κ1) is 17.6. The highest BCUT2D eigenvalue weighted by atomic mass is 16.7. The lowest BCUT2D eigenvalue weighted by atomic mass is 9.96. The quantitative estimate of drug-likeness (QED) is 0.827. The molecule has 0 unspecified atom stereocenters. The number of hydrogen-bond acceptors (Lipinski definition) is 7. The predicted octanol–water partition coefficient (Wildman–Crippen LogP) is 0.556. The Labute approximate surface area is 157 Å². The molecule has 0 bridgehead atoms. The summed E-state index contributed by atoms with van der Waals surface area (Å²) in [5, 5.41) is 11.1. The van der Waals surface area contributed by atoms with Crippen molar-refractivity contribution in [1.29, 1.82) is 0 Å². The van der Waals surface area contributed by atoms with Crippen LogP contribution in [0, 0.1) is 6.92 Å². The zero-order valence-corrected chi connectivity index (χ0v) is 15.6. The fraction of sp³-hybridized carbons (Fsp3) is 0.500. The minimum atomic E-state index is -0.390. The summed E-state index contributed by atoms with van der Waals surface area (Å²) in [6, 6.07) is 0. The Hall–Kier alpha value is -2.81. The molecule has 0 aromatic carbocycles. The molecule has 0 radical (unpaired) electrons. The van der Waals surface area contributed by atoms with Crippen molar-refractivity contribution in [2.24, 2.45) is 12.2 Å². The number of carbonyl (C=O) groups excluding carboxylic acids is 1. The molecule has 0 aliphatic carbocycles. The summed E-state index contributed by atoms with van der Waals surface area (Å²) in [7, 11) is 1.91. The van der Waals surface area contributed by atoms with Crippen LogP contribution in [-0.2, 0) is 29.8 Å². The van der Waals surface area contributed by atoms with Crippen molar-refractivity contribution >= 4 is 11.6 Å². The molecule has 2 aromatic rings. The van der Waals surface area contributed by atoms with E-state index in [1.165, 1.54) is 5.56 Å². The maximum atomic E-state index is 12.4. The molecule has 1 atom stereocenters. The number of likely N-dealkylation sites (tertiary alicyclic amines) is 1. The molecule has 142 valence electrons. The normalized spacial score (nSPS) is 22.1. The first-order valence-corrected chi connectivity index (χ1v) is 9.02. The number of amides is 1. The van der Waals surface area contributed by atoms with Gasteiger partial charge in [0.15, 0.2) is 5.60 Å². The van der Waals surface area contributed by atoms with Gasteiger partial charge in [-0.25, -0.2) is 0 Å². The second-order valence-electron chi connectivity index (χ2n) is 7.30. The highest BCUT2D eigenvalue weighted by molar-refractivity contribution is 6.39. The topological polar surface area (TPSA) is 97.5 Å². The van der Waals surface area contributed by atoms with Gasteiger partial charge in [-0.15, -0.1) is 0 Å². The van der Waals surface area contributed by atoms with E-state index < -0.39 is 5.60 Å². The number of nitrogens with zero attached hydrogens (tertiary/aromatic N) is 6. The van der Waals surface area contributed by atoms with Crippen LogP contribution in [-0.4, -0.2) is 55.0 Å². The summed E-state index contributed by atoms with van der Waals surface area (Å²) in [6.07, 6.45) is 8.63. The van der Waals surface area contributed by atoms with Gasteiger partial charge >= 0.3 is 0 Å². The van der Waals surface area contributed by atoms with Gasteiger partial charge < -0.3 is 10.2 Å². The van der Waals surface area contributed by atoms with Crippen molar-refractivity contribution in [2.75, 3.05) is 13.1 Å². The van der Waals surface area contributed by atoms with Crippen LogP contribution in [0.15, 0.2) is 29.9 Å². The number of carbonyl (C=O) groups is 1. The van der Waals surface area contributed by atoms with Crippen LogP contribution < -0.4 is 5.32 Å². The number of nitrogens with one attached hydrogen (secondary N) is 1. The molecule has 2 aliphatic heterocycles. The molecule has 1 fully saturated rings. The number of hydrogen-bond donors (Lipinski definition) is 1. The number of oxime groups is 1. The van der Waals surface area contributed by atoms with Crippen LogP contribution in [0.4, 0.5) is 0 Å². The second-order valence-corrected chi connectivity index (χ2v) is 7.30. The zero-order chi connectivity index (χ0) is 18.9. The van der Waals surface area contributed by atoms with Crippen molar-refractivity contribution in [3.8, 4) is 0 Å². The molecular formula is C18H23N7O2. The van der Waals surface area contributed by atoms with Crippen LogP contribution in [0.5, 0.6) is 0 Å². The Morgan fingerprint density at radius 3 is 2.96 bits per heavy atom. The van der Waals surface area contributed by atoms with E-state index in [9.17, 15) is 4.79 Å². The van der Waals surface area contributed by atoms with Crippen LogP contribution in [0.25, 0.3) is 0 Å². The number of aromatic nitrogens is 4. The number of rotatable bonds is 5. The monoisotopic (exact) mass is 369 g/mol. The summed E-state index contributed by atoms with van der Waals surface area (Å²) in [4.78, 5) is 28.8. The van der Waals surface area contributed by atoms with Gasteiger partial charge in [0.1, 0.15) is 5.71 Å². The Bertz CT molecular complexity index is 861. The minimum Gasteiger partial charge on any atom is -0.387 e. The molecular weight excluding hydrogens is 346 g/mol. The molecule has 2 aliphatic rings. The molecule has 1 amide bonds. The van der Waals surface area contributed by atoms with E-state index >= 15 is 0 Å². The zero-order valence-electron chi connectivity index (χ0n) is 15.6. The van der Waals surface area contributed by atoms with E-state index in [1.54, 1.807) is 17.1 Å². The van der Waals surface area contributed by atoms with Crippen LogP contribution in [0.1, 0.15) is 29.8 Å². The summed E-state index contributed by atoms with van der Waals surface area (Å²) in [5.41, 5.74) is 2.78. The maximum Gasteiger partial charge on any atom is 0.269 e. The minimum absolute atomic E-state index is 0.208. The molecule has 1 N–H and O–H groups in total. The first-order chi connectivity index (χ1) is 13.0. The molecule has 4 rings (SSSR count). The van der Waals surface area contributed by atoms with Gasteiger partial charge in [0.25, 0.3) is 5.91 Å². The highest BCUT2D eigenvalue weighted by Gasteiger charge is 2.46. The fourth-order valence-electron chi connectivity index (χ4n) is 3.52. The predicted molar refractivity (Wildman–Crippen MR) is 97.6 cm³/mol. The largest absolute Gasteiger partial charge is 0.387 e. The van der Waals surface area contributed by atoms with Crippen molar-refractivity contribution in [3.05, 3.63) is 41.7 Å². The van der Waals surface area contributed by atoms with Crippen LogP contribution >= 0.6 is 0 Å². The summed E-state index contributed by atoms with van der Waals surface area (Å²) in [5.74, 6) is -0.208. The van der Waals surface area contributed by atoms with E-state index in [0.29, 0.717) is 24.4 Å². The molecule has 27 heavy (non-hydrogen) atoms. The van der Waals surface area contributed by atoms with E-state index in [4.69, 9.17) is 4.84 Å². The summed E-state index contributed by atoms with van der Waals surface area (Å²) >= 11 is 0. The molecule has 9 nitrogen and oxygen atoms in total. The first-order valence-electron chi connectivity index (χ1n) is 9.02. The van der Waals surface area contributed by atoms with Crippen molar-refractivity contribution in [1.82, 2.24) is 30.0 Å². The molecule has 1 saturated heterocycles. The second kappa shape index (κ2) is 7.07. The maximum absolute atomic E-state index is 12.4. The fourth-order valence-corrected chi connectivity index (χ4v) is 3.52. The Morgan fingerprint density at radius 2 is 2.22 bits per heavy atom. The lowest BCUT2D eigenvalue weighted by Gasteiger charge is -2.21. The molecule has 9 heteroatoms. The molecule has 0 saturated carbocycles. The summed E-state index contributed by atoms with van der Waals surface area (Å²) < 4.78 is 1.80. The van der Waals surface area contributed by atoms with Crippen molar-refractivity contribution < 1.29 is 9.63 Å². The Balaban J connectivity index is 1.28. The highest BCUT2D eigenvalue weighted by Crippen LogP contribution is 2.34. The SMILES string of the molecule is Cc1cnc(CNC(=O)C2=NO[C@]3(CCN(Cc4cnn(C)c4)C3)C2)cn1. The standard InChI is InChI=1S/C18H23N7O2/c1-13-6-20-15(8-19-13)9-21-17(26)16-5-18(27-23-16)3-4-25(12-18)11-14-7-22-24(2)10-14/h6-8,10H,3-5,9,11-12H2,1-2H3,(H,21,26)/t18-/m1/s1.